The maximum atomic E-state index is 13.1. The minimum atomic E-state index is -0.274. The third-order valence-corrected chi connectivity index (χ3v) is 3.35. The molecule has 0 fully saturated rings. The number of aryl methyl sites for hydroxylation is 1. The predicted molar refractivity (Wildman–Crippen MR) is 82.3 cm³/mol. The van der Waals surface area contributed by atoms with Crippen molar-refractivity contribution in [3.8, 4) is 11.3 Å². The fourth-order valence-corrected chi connectivity index (χ4v) is 2.22. The van der Waals surface area contributed by atoms with Gasteiger partial charge in [0.25, 0.3) is 0 Å². The molecule has 0 atom stereocenters. The highest BCUT2D eigenvalue weighted by Gasteiger charge is 2.14. The lowest BCUT2D eigenvalue weighted by Gasteiger charge is -2.08. The lowest BCUT2D eigenvalue weighted by molar-refractivity contribution is 0.211. The number of hydrogen-bond acceptors (Lipinski definition) is 5. The van der Waals surface area contributed by atoms with E-state index in [0.717, 1.165) is 16.9 Å². The molecule has 0 saturated heterocycles. The van der Waals surface area contributed by atoms with Crippen LogP contribution < -0.4 is 5.32 Å². The van der Waals surface area contributed by atoms with Gasteiger partial charge in [-0.3, -0.25) is 0 Å². The molecule has 1 aromatic carbocycles. The highest BCUT2D eigenvalue weighted by atomic mass is 19.1. The van der Waals surface area contributed by atoms with Gasteiger partial charge in [0.15, 0.2) is 0 Å². The molecule has 2 heterocycles. The van der Waals surface area contributed by atoms with E-state index in [-0.39, 0.29) is 5.82 Å². The van der Waals surface area contributed by atoms with Crippen LogP contribution in [0.2, 0.25) is 0 Å². The lowest BCUT2D eigenvalue weighted by Crippen LogP contribution is -2.08. The van der Waals surface area contributed by atoms with Gasteiger partial charge in [0.05, 0.1) is 18.0 Å². The molecular formula is C16H16FN3O2. The second-order valence-corrected chi connectivity index (χ2v) is 4.93. The number of pyridine rings is 1. The molecule has 3 rings (SSSR count). The van der Waals surface area contributed by atoms with E-state index in [4.69, 9.17) is 9.26 Å². The monoisotopic (exact) mass is 301 g/mol. The van der Waals surface area contributed by atoms with E-state index in [0.29, 0.717) is 29.9 Å². The van der Waals surface area contributed by atoms with Crippen LogP contribution in [0.25, 0.3) is 22.4 Å². The molecule has 0 radical (unpaired) electrons. The molecule has 0 aliphatic heterocycles. The number of methoxy groups -OCH3 is 1. The summed E-state index contributed by atoms with van der Waals surface area (Å²) in [5, 5.41) is 7.22. The largest absolute Gasteiger partial charge is 0.383 e. The van der Waals surface area contributed by atoms with Crippen molar-refractivity contribution in [3.63, 3.8) is 0 Å². The van der Waals surface area contributed by atoms with Crippen molar-refractivity contribution in [1.29, 1.82) is 0 Å². The van der Waals surface area contributed by atoms with E-state index in [2.05, 4.69) is 15.5 Å². The van der Waals surface area contributed by atoms with E-state index in [1.54, 1.807) is 19.2 Å². The Morgan fingerprint density at radius 3 is 2.77 bits per heavy atom. The van der Waals surface area contributed by atoms with E-state index in [1.807, 2.05) is 13.0 Å². The third kappa shape index (κ3) is 2.78. The molecule has 5 nitrogen and oxygen atoms in total. The van der Waals surface area contributed by atoms with Crippen LogP contribution in [0.3, 0.4) is 0 Å². The first-order valence-corrected chi connectivity index (χ1v) is 6.95. The maximum absolute atomic E-state index is 13.1. The third-order valence-electron chi connectivity index (χ3n) is 3.35. The number of benzene rings is 1. The van der Waals surface area contributed by atoms with Gasteiger partial charge in [-0.25, -0.2) is 9.37 Å². The van der Waals surface area contributed by atoms with Crippen LogP contribution in [0.4, 0.5) is 10.1 Å². The van der Waals surface area contributed by atoms with Gasteiger partial charge in [-0.15, -0.1) is 0 Å². The number of ether oxygens (including phenoxy) is 1. The molecule has 1 N–H and O–H groups in total. The van der Waals surface area contributed by atoms with Gasteiger partial charge in [0.1, 0.15) is 17.0 Å². The molecule has 0 aliphatic carbocycles. The van der Waals surface area contributed by atoms with E-state index < -0.39 is 0 Å². The van der Waals surface area contributed by atoms with E-state index in [9.17, 15) is 4.39 Å². The molecule has 114 valence electrons. The molecule has 0 unspecified atom stereocenters. The molecule has 0 aliphatic rings. The molecule has 0 spiro atoms. The van der Waals surface area contributed by atoms with Crippen molar-refractivity contribution in [2.75, 3.05) is 25.6 Å². The number of aromatic nitrogens is 2. The Bertz CT molecular complexity index is 784. The average Bonchev–Trinajstić information content (AvgIpc) is 2.90. The summed E-state index contributed by atoms with van der Waals surface area (Å²) in [6, 6.07) is 8.10. The second kappa shape index (κ2) is 6.11. The van der Waals surface area contributed by atoms with Crippen molar-refractivity contribution >= 4 is 16.8 Å². The first kappa shape index (κ1) is 14.5. The quantitative estimate of drug-likeness (QED) is 0.732. The number of nitrogens with zero attached hydrogens (tertiary/aromatic N) is 2. The maximum Gasteiger partial charge on any atom is 0.208 e. The normalized spacial score (nSPS) is 11.0. The molecular weight excluding hydrogens is 285 g/mol. The first-order chi connectivity index (χ1) is 10.7. The summed E-state index contributed by atoms with van der Waals surface area (Å²) in [4.78, 5) is 4.57. The molecule has 0 saturated carbocycles. The number of halogens is 1. The van der Waals surface area contributed by atoms with Gasteiger partial charge in [-0.2, -0.15) is 0 Å². The Morgan fingerprint density at radius 2 is 2.05 bits per heavy atom. The van der Waals surface area contributed by atoms with Gasteiger partial charge in [-0.05, 0) is 37.3 Å². The summed E-state index contributed by atoms with van der Waals surface area (Å²) in [7, 11) is 1.65. The van der Waals surface area contributed by atoms with Crippen LogP contribution in [0, 0.1) is 12.7 Å². The van der Waals surface area contributed by atoms with Gasteiger partial charge >= 0.3 is 0 Å². The van der Waals surface area contributed by atoms with Crippen molar-refractivity contribution in [2.24, 2.45) is 0 Å². The van der Waals surface area contributed by atoms with Crippen LogP contribution in [0.1, 0.15) is 5.69 Å². The Morgan fingerprint density at radius 1 is 1.27 bits per heavy atom. The number of rotatable bonds is 5. The molecule has 0 amide bonds. The fourth-order valence-electron chi connectivity index (χ4n) is 2.22. The average molecular weight is 301 g/mol. The Balaban J connectivity index is 2.06. The van der Waals surface area contributed by atoms with Gasteiger partial charge < -0.3 is 14.6 Å². The van der Waals surface area contributed by atoms with Crippen LogP contribution in [-0.4, -0.2) is 30.4 Å². The minimum absolute atomic E-state index is 0.274. The highest BCUT2D eigenvalue weighted by Crippen LogP contribution is 2.29. The summed E-state index contributed by atoms with van der Waals surface area (Å²) >= 11 is 0. The fraction of sp³-hybridized carbons (Fsp3) is 0.250. The van der Waals surface area contributed by atoms with Crippen LogP contribution >= 0.6 is 0 Å². The SMILES string of the molecule is COCCNc1cc(-c2ccc(F)cc2)nc2c(C)noc12. The van der Waals surface area contributed by atoms with Crippen molar-refractivity contribution < 1.29 is 13.7 Å². The van der Waals surface area contributed by atoms with Crippen molar-refractivity contribution in [2.45, 2.75) is 6.92 Å². The predicted octanol–water partition coefficient (Wildman–Crippen LogP) is 3.40. The van der Waals surface area contributed by atoms with E-state index in [1.165, 1.54) is 12.1 Å². The van der Waals surface area contributed by atoms with Crippen LogP contribution in [-0.2, 0) is 4.74 Å². The summed E-state index contributed by atoms with van der Waals surface area (Å²) < 4.78 is 23.5. The van der Waals surface area contributed by atoms with Gasteiger partial charge in [-0.1, -0.05) is 5.16 Å². The number of fused-ring (bicyclic) bond motifs is 1. The number of nitrogens with one attached hydrogen (secondary N) is 1. The van der Waals surface area contributed by atoms with Crippen molar-refractivity contribution in [1.82, 2.24) is 10.1 Å². The zero-order valence-corrected chi connectivity index (χ0v) is 12.4. The van der Waals surface area contributed by atoms with Crippen LogP contribution in [0.15, 0.2) is 34.9 Å². The molecule has 3 aromatic rings. The van der Waals surface area contributed by atoms with Gasteiger partial charge in [0.2, 0.25) is 5.58 Å². The first-order valence-electron chi connectivity index (χ1n) is 6.95. The molecule has 2 aromatic heterocycles. The van der Waals surface area contributed by atoms with E-state index >= 15 is 0 Å². The standard InChI is InChI=1S/C16H16FN3O2/c1-10-15-16(22-20-10)14(18-7-8-21-2)9-13(19-15)11-3-5-12(17)6-4-11/h3-6,9H,7-8H2,1-2H3,(H,18,19). The Kier molecular flexibility index (Phi) is 4.02. The summed E-state index contributed by atoms with van der Waals surface area (Å²) in [5.41, 5.74) is 4.38. The molecule has 0 bridgehead atoms. The second-order valence-electron chi connectivity index (χ2n) is 4.93. The summed E-state index contributed by atoms with van der Waals surface area (Å²) in [5.74, 6) is -0.274. The smallest absolute Gasteiger partial charge is 0.208 e. The van der Waals surface area contributed by atoms with Crippen molar-refractivity contribution in [3.05, 3.63) is 41.8 Å². The number of hydrogen-bond donors (Lipinski definition) is 1. The summed E-state index contributed by atoms with van der Waals surface area (Å²) in [6.45, 7) is 3.05. The number of anilines is 1. The van der Waals surface area contributed by atoms with Gasteiger partial charge in [0, 0.05) is 19.2 Å². The molecule has 22 heavy (non-hydrogen) atoms. The topological polar surface area (TPSA) is 60.2 Å². The molecule has 6 heteroatoms. The zero-order valence-electron chi connectivity index (χ0n) is 12.4. The minimum Gasteiger partial charge on any atom is -0.383 e. The Labute approximate surface area is 127 Å². The highest BCUT2D eigenvalue weighted by molar-refractivity contribution is 5.90. The lowest BCUT2D eigenvalue weighted by atomic mass is 10.1. The summed E-state index contributed by atoms with van der Waals surface area (Å²) in [6.07, 6.45) is 0. The van der Waals surface area contributed by atoms with Crippen LogP contribution in [0.5, 0.6) is 0 Å². The Hall–Kier alpha value is -2.47. The zero-order chi connectivity index (χ0) is 15.5.